The van der Waals surface area contributed by atoms with Gasteiger partial charge in [-0.3, -0.25) is 9.79 Å². The first kappa shape index (κ1) is 25.0. The number of fused-ring (bicyclic) bond motifs is 1. The van der Waals surface area contributed by atoms with Gasteiger partial charge in [0.25, 0.3) is 0 Å². The summed E-state index contributed by atoms with van der Waals surface area (Å²) >= 11 is 0. The fourth-order valence-electron chi connectivity index (χ4n) is 4.60. The van der Waals surface area contributed by atoms with Crippen LogP contribution in [0.2, 0.25) is 0 Å². The fraction of sp³-hybridized carbons (Fsp3) is 0.370. The van der Waals surface area contributed by atoms with Gasteiger partial charge in [-0.25, -0.2) is 8.93 Å². The van der Waals surface area contributed by atoms with Crippen LogP contribution in [0.25, 0.3) is 5.70 Å². The molecule has 7 nitrogen and oxygen atoms in total. The smallest absolute Gasteiger partial charge is 0.231 e. The quantitative estimate of drug-likeness (QED) is 0.398. The van der Waals surface area contributed by atoms with Gasteiger partial charge in [-0.05, 0) is 56.0 Å². The summed E-state index contributed by atoms with van der Waals surface area (Å²) in [5, 5.41) is 3.32. The van der Waals surface area contributed by atoms with Crippen LogP contribution in [0.15, 0.2) is 64.0 Å². The molecule has 4 rings (SSSR count). The summed E-state index contributed by atoms with van der Waals surface area (Å²) in [5.41, 5.74) is 10.2. The first-order valence-electron chi connectivity index (χ1n) is 12.1. The van der Waals surface area contributed by atoms with Gasteiger partial charge in [0.05, 0.1) is 21.8 Å². The Bertz CT molecular complexity index is 1230. The molecule has 0 spiro atoms. The third-order valence-electron chi connectivity index (χ3n) is 6.64. The van der Waals surface area contributed by atoms with Crippen LogP contribution in [-0.4, -0.2) is 41.5 Å². The van der Waals surface area contributed by atoms with E-state index in [1.54, 1.807) is 18.2 Å². The van der Waals surface area contributed by atoms with E-state index in [1.165, 1.54) is 19.3 Å². The number of benzene rings is 2. The SMILES string of the molecule is C=S(=O)(NC1CCCCC1)c1ccc(NC(C)N=CC2=C(N)c3ccccc3N(C)C(=O)C2)cc1. The second kappa shape index (κ2) is 10.7. The molecule has 2 aliphatic rings. The van der Waals surface area contributed by atoms with E-state index in [1.807, 2.05) is 55.5 Å². The van der Waals surface area contributed by atoms with E-state index in [2.05, 4.69) is 20.9 Å². The molecular formula is C27H35N5O2S. The second-order valence-electron chi connectivity index (χ2n) is 9.34. The van der Waals surface area contributed by atoms with E-state index in [-0.39, 0.29) is 24.5 Å². The summed E-state index contributed by atoms with van der Waals surface area (Å²) in [7, 11) is -0.776. The zero-order valence-electron chi connectivity index (χ0n) is 20.5. The minimum absolute atomic E-state index is 0.0332. The van der Waals surface area contributed by atoms with Crippen LogP contribution in [0.5, 0.6) is 0 Å². The highest BCUT2D eigenvalue weighted by atomic mass is 32.2. The van der Waals surface area contributed by atoms with E-state index in [9.17, 15) is 9.00 Å². The Hall–Kier alpha value is -3.10. The lowest BCUT2D eigenvalue weighted by atomic mass is 9.96. The van der Waals surface area contributed by atoms with E-state index in [0.29, 0.717) is 16.2 Å². The number of nitrogens with zero attached hydrogens (tertiary/aromatic N) is 2. The number of para-hydroxylation sites is 1. The zero-order valence-corrected chi connectivity index (χ0v) is 21.3. The molecular weight excluding hydrogens is 458 g/mol. The molecule has 1 saturated carbocycles. The van der Waals surface area contributed by atoms with E-state index >= 15 is 0 Å². The van der Waals surface area contributed by atoms with Gasteiger partial charge in [0.1, 0.15) is 6.17 Å². The largest absolute Gasteiger partial charge is 0.398 e. The molecule has 1 heterocycles. The number of carbonyl (C=O) groups excluding carboxylic acids is 1. The Labute approximate surface area is 208 Å². The van der Waals surface area contributed by atoms with Crippen molar-refractivity contribution in [3.05, 3.63) is 59.7 Å². The van der Waals surface area contributed by atoms with Crippen molar-refractivity contribution in [2.75, 3.05) is 17.3 Å². The molecule has 4 N–H and O–H groups in total. The third kappa shape index (κ3) is 5.94. The summed E-state index contributed by atoms with van der Waals surface area (Å²) in [5.74, 6) is 3.94. The van der Waals surface area contributed by atoms with Crippen LogP contribution in [0.3, 0.4) is 0 Å². The van der Waals surface area contributed by atoms with E-state index < -0.39 is 9.71 Å². The summed E-state index contributed by atoms with van der Waals surface area (Å²) in [4.78, 5) is 19.6. The number of rotatable bonds is 7. The summed E-state index contributed by atoms with van der Waals surface area (Å²) < 4.78 is 16.4. The van der Waals surface area contributed by atoms with Crippen molar-refractivity contribution in [3.63, 3.8) is 0 Å². The highest BCUT2D eigenvalue weighted by Gasteiger charge is 2.23. The lowest BCUT2D eigenvalue weighted by molar-refractivity contribution is -0.117. The second-order valence-corrected chi connectivity index (χ2v) is 11.4. The molecule has 0 saturated heterocycles. The van der Waals surface area contributed by atoms with Crippen molar-refractivity contribution in [1.29, 1.82) is 0 Å². The summed E-state index contributed by atoms with van der Waals surface area (Å²) in [6.07, 6.45) is 7.33. The number of carbonyl (C=O) groups is 1. The van der Waals surface area contributed by atoms with Crippen LogP contribution >= 0.6 is 0 Å². The average molecular weight is 494 g/mol. The molecule has 1 aliphatic carbocycles. The van der Waals surface area contributed by atoms with Gasteiger partial charge in [0.15, 0.2) is 0 Å². The molecule has 8 heteroatoms. The number of nitrogens with two attached hydrogens (primary N) is 1. The molecule has 1 aliphatic heterocycles. The van der Waals surface area contributed by atoms with Gasteiger partial charge >= 0.3 is 0 Å². The Morgan fingerprint density at radius 2 is 1.83 bits per heavy atom. The Kier molecular flexibility index (Phi) is 7.62. The number of hydrogen-bond acceptors (Lipinski definition) is 5. The van der Waals surface area contributed by atoms with Crippen molar-refractivity contribution in [3.8, 4) is 0 Å². The summed E-state index contributed by atoms with van der Waals surface area (Å²) in [6, 6.07) is 15.4. The molecule has 1 amide bonds. The van der Waals surface area contributed by atoms with Crippen molar-refractivity contribution >= 4 is 44.8 Å². The number of anilines is 2. The standard InChI is InChI=1S/C27H35N5O2S/c1-19(29-18-20-17-26(33)32(2)25-12-8-7-11-24(25)27(20)28)30-21-13-15-23(16-14-21)35(3,34)31-22-9-5-4-6-10-22/h7-8,11-16,18-19,22,30H,3-6,9-10,17,28H2,1-2H3,(H,31,34). The lowest BCUT2D eigenvalue weighted by Gasteiger charge is -2.25. The van der Waals surface area contributed by atoms with Crippen molar-refractivity contribution in [2.45, 2.75) is 62.6 Å². The normalized spacial score (nSPS) is 19.8. The maximum Gasteiger partial charge on any atom is 0.231 e. The first-order valence-corrected chi connectivity index (χ1v) is 13.9. The first-order chi connectivity index (χ1) is 16.7. The minimum Gasteiger partial charge on any atom is -0.398 e. The number of hydrogen-bond donors (Lipinski definition) is 3. The predicted octanol–water partition coefficient (Wildman–Crippen LogP) is 4.16. The molecule has 2 aromatic rings. The van der Waals surface area contributed by atoms with Crippen LogP contribution in [-0.2, 0) is 14.5 Å². The molecule has 2 atom stereocenters. The zero-order chi connectivity index (χ0) is 25.0. The Morgan fingerprint density at radius 1 is 1.14 bits per heavy atom. The van der Waals surface area contributed by atoms with E-state index in [4.69, 9.17) is 5.73 Å². The highest BCUT2D eigenvalue weighted by Crippen LogP contribution is 2.30. The van der Waals surface area contributed by atoms with Gasteiger partial charge in [-0.2, -0.15) is 0 Å². The van der Waals surface area contributed by atoms with Crippen LogP contribution in [0, 0.1) is 0 Å². The van der Waals surface area contributed by atoms with Gasteiger partial charge in [-0.15, -0.1) is 0 Å². The van der Waals surface area contributed by atoms with Crippen LogP contribution < -0.4 is 20.7 Å². The molecule has 0 radical (unpaired) electrons. The minimum atomic E-state index is -2.54. The average Bonchev–Trinajstić information content (AvgIpc) is 2.94. The van der Waals surface area contributed by atoms with Crippen LogP contribution in [0.1, 0.15) is 51.0 Å². The van der Waals surface area contributed by atoms with Crippen molar-refractivity contribution in [2.24, 2.45) is 10.7 Å². The van der Waals surface area contributed by atoms with Crippen LogP contribution in [0.4, 0.5) is 11.4 Å². The molecule has 186 valence electrons. The summed E-state index contributed by atoms with van der Waals surface area (Å²) in [6.45, 7) is 1.93. The third-order valence-corrected chi connectivity index (χ3v) is 8.39. The predicted molar refractivity (Wildman–Crippen MR) is 147 cm³/mol. The monoisotopic (exact) mass is 493 g/mol. The van der Waals surface area contributed by atoms with Gasteiger partial charge in [0, 0.05) is 46.7 Å². The topological polar surface area (TPSA) is 99.8 Å². The van der Waals surface area contributed by atoms with Gasteiger partial charge < -0.3 is 16.0 Å². The molecule has 0 bridgehead atoms. The fourth-order valence-corrected chi connectivity index (χ4v) is 6.09. The lowest BCUT2D eigenvalue weighted by Crippen LogP contribution is -2.36. The number of aliphatic imine (C=N–C) groups is 1. The van der Waals surface area contributed by atoms with Crippen molar-refractivity contribution in [1.82, 2.24) is 4.72 Å². The maximum absolute atomic E-state index is 13.1. The molecule has 0 aromatic heterocycles. The Morgan fingerprint density at radius 3 is 2.54 bits per heavy atom. The van der Waals surface area contributed by atoms with Gasteiger partial charge in [0.2, 0.25) is 5.91 Å². The van der Waals surface area contributed by atoms with Gasteiger partial charge in [-0.1, -0.05) is 37.5 Å². The molecule has 35 heavy (non-hydrogen) atoms. The molecule has 2 unspecified atom stereocenters. The number of amides is 1. The van der Waals surface area contributed by atoms with E-state index in [0.717, 1.165) is 29.8 Å². The Balaban J connectivity index is 1.42. The maximum atomic E-state index is 13.1. The number of nitrogens with one attached hydrogen (secondary N) is 2. The highest BCUT2D eigenvalue weighted by molar-refractivity contribution is 7.98. The van der Waals surface area contributed by atoms with Crippen molar-refractivity contribution < 1.29 is 9.00 Å². The molecule has 1 fully saturated rings. The molecule has 2 aromatic carbocycles.